The molecular weight excluding hydrogens is 386 g/mol. The lowest BCUT2D eigenvalue weighted by atomic mass is 10.1. The van der Waals surface area contributed by atoms with E-state index in [1.165, 1.54) is 28.9 Å². The fourth-order valence-corrected chi connectivity index (χ4v) is 4.06. The van der Waals surface area contributed by atoms with Crippen LogP contribution in [0, 0.1) is 6.92 Å². The molecule has 0 radical (unpaired) electrons. The van der Waals surface area contributed by atoms with Gasteiger partial charge < -0.3 is 14.6 Å². The Hall–Kier alpha value is -2.71. The second kappa shape index (κ2) is 9.19. The maximum atomic E-state index is 11.9. The first-order valence-corrected chi connectivity index (χ1v) is 10.6. The summed E-state index contributed by atoms with van der Waals surface area (Å²) >= 11 is 1.48. The van der Waals surface area contributed by atoms with E-state index in [2.05, 4.69) is 50.7 Å². The van der Waals surface area contributed by atoms with Crippen molar-refractivity contribution in [3.05, 3.63) is 65.4 Å². The maximum absolute atomic E-state index is 11.9. The Morgan fingerprint density at radius 2 is 1.97 bits per heavy atom. The highest BCUT2D eigenvalue weighted by Crippen LogP contribution is 2.20. The van der Waals surface area contributed by atoms with Gasteiger partial charge in [-0.25, -0.2) is 4.98 Å². The van der Waals surface area contributed by atoms with Crippen molar-refractivity contribution >= 4 is 22.6 Å². The summed E-state index contributed by atoms with van der Waals surface area (Å²) in [6.07, 6.45) is 2.28. The van der Waals surface area contributed by atoms with Crippen molar-refractivity contribution in [2.24, 2.45) is 0 Å². The van der Waals surface area contributed by atoms with Gasteiger partial charge in [-0.3, -0.25) is 9.69 Å². The number of nitrogens with zero attached hydrogens (tertiary/aromatic N) is 4. The molecule has 0 spiro atoms. The average Bonchev–Trinajstić information content (AvgIpc) is 3.43. The van der Waals surface area contributed by atoms with E-state index in [1.807, 2.05) is 0 Å². The molecule has 0 unspecified atom stereocenters. The van der Waals surface area contributed by atoms with Crippen LogP contribution in [0.1, 0.15) is 27.5 Å². The lowest BCUT2D eigenvalue weighted by molar-refractivity contribution is 0.0920. The summed E-state index contributed by atoms with van der Waals surface area (Å²) in [6, 6.07) is 11.9. The molecule has 152 valence electrons. The maximum Gasteiger partial charge on any atom is 0.287 e. The summed E-state index contributed by atoms with van der Waals surface area (Å²) in [5, 5.41) is 3.89. The van der Waals surface area contributed by atoms with Gasteiger partial charge in [0.15, 0.2) is 5.76 Å². The minimum absolute atomic E-state index is 0.163. The van der Waals surface area contributed by atoms with Gasteiger partial charge in [0.2, 0.25) is 5.13 Å². The fraction of sp³-hybridized carbons (Fsp3) is 0.381. The van der Waals surface area contributed by atoms with Crippen molar-refractivity contribution in [3.8, 4) is 0 Å². The minimum atomic E-state index is -0.163. The van der Waals surface area contributed by atoms with Crippen LogP contribution in [0.25, 0.3) is 0 Å². The molecule has 4 rings (SSSR count). The molecule has 0 atom stereocenters. The molecule has 7 nitrogen and oxygen atoms in total. The number of hydrogen-bond donors (Lipinski definition) is 1. The Labute approximate surface area is 174 Å². The first-order chi connectivity index (χ1) is 14.2. The summed E-state index contributed by atoms with van der Waals surface area (Å²) in [4.78, 5) is 21.3. The van der Waals surface area contributed by atoms with Crippen molar-refractivity contribution < 1.29 is 9.21 Å². The summed E-state index contributed by atoms with van der Waals surface area (Å²) in [6.45, 7) is 7.27. The SMILES string of the molecule is Cc1ccc(Cc2nsc(N3CCN(CCNC(=O)c4ccco4)CC3)n2)cc1. The number of aromatic nitrogens is 2. The molecule has 1 aliphatic heterocycles. The van der Waals surface area contributed by atoms with Crippen molar-refractivity contribution in [1.82, 2.24) is 19.6 Å². The summed E-state index contributed by atoms with van der Waals surface area (Å²) in [5.74, 6) is 1.08. The second-order valence-electron chi connectivity index (χ2n) is 7.22. The van der Waals surface area contributed by atoms with Crippen LogP contribution >= 0.6 is 11.5 Å². The van der Waals surface area contributed by atoms with Crippen molar-refractivity contribution in [2.45, 2.75) is 13.3 Å². The number of carbonyl (C=O) groups is 1. The molecule has 1 amide bonds. The molecule has 1 fully saturated rings. The van der Waals surface area contributed by atoms with E-state index in [0.29, 0.717) is 12.3 Å². The van der Waals surface area contributed by atoms with Crippen molar-refractivity contribution in [1.29, 1.82) is 0 Å². The molecular formula is C21H25N5O2S. The average molecular weight is 412 g/mol. The van der Waals surface area contributed by atoms with E-state index in [-0.39, 0.29) is 5.91 Å². The van der Waals surface area contributed by atoms with Gasteiger partial charge in [0.05, 0.1) is 6.26 Å². The number of anilines is 1. The molecule has 1 N–H and O–H groups in total. The number of hydrogen-bond acceptors (Lipinski definition) is 7. The third kappa shape index (κ3) is 5.21. The Morgan fingerprint density at radius 3 is 2.69 bits per heavy atom. The number of rotatable bonds is 7. The first kappa shape index (κ1) is 19.6. The van der Waals surface area contributed by atoms with Crippen LogP contribution in [0.2, 0.25) is 0 Å². The smallest absolute Gasteiger partial charge is 0.287 e. The van der Waals surface area contributed by atoms with Crippen LogP contribution in [0.5, 0.6) is 0 Å². The molecule has 1 aliphatic rings. The molecule has 1 aromatic carbocycles. The number of benzene rings is 1. The number of amides is 1. The van der Waals surface area contributed by atoms with Gasteiger partial charge in [0.25, 0.3) is 5.91 Å². The van der Waals surface area contributed by atoms with Crippen LogP contribution < -0.4 is 10.2 Å². The predicted molar refractivity (Wildman–Crippen MR) is 114 cm³/mol. The van der Waals surface area contributed by atoms with Gasteiger partial charge in [0.1, 0.15) is 5.82 Å². The van der Waals surface area contributed by atoms with Gasteiger partial charge >= 0.3 is 0 Å². The molecule has 3 heterocycles. The Kier molecular flexibility index (Phi) is 6.21. The lowest BCUT2D eigenvalue weighted by Crippen LogP contribution is -2.48. The highest BCUT2D eigenvalue weighted by molar-refractivity contribution is 7.09. The summed E-state index contributed by atoms with van der Waals surface area (Å²) < 4.78 is 9.64. The molecule has 29 heavy (non-hydrogen) atoms. The third-order valence-electron chi connectivity index (χ3n) is 5.04. The topological polar surface area (TPSA) is 74.5 Å². The van der Waals surface area contributed by atoms with Gasteiger partial charge in [-0.2, -0.15) is 4.37 Å². The van der Waals surface area contributed by atoms with E-state index in [4.69, 9.17) is 9.40 Å². The Bertz CT molecular complexity index is 915. The zero-order chi connectivity index (χ0) is 20.1. The zero-order valence-electron chi connectivity index (χ0n) is 16.5. The monoisotopic (exact) mass is 411 g/mol. The van der Waals surface area contributed by atoms with Crippen LogP contribution in [0.15, 0.2) is 47.1 Å². The zero-order valence-corrected chi connectivity index (χ0v) is 17.3. The minimum Gasteiger partial charge on any atom is -0.459 e. The van der Waals surface area contributed by atoms with Gasteiger partial charge in [-0.15, -0.1) is 0 Å². The highest BCUT2D eigenvalue weighted by atomic mass is 32.1. The van der Waals surface area contributed by atoms with Crippen LogP contribution in [0.4, 0.5) is 5.13 Å². The lowest BCUT2D eigenvalue weighted by Gasteiger charge is -2.34. The standard InChI is InChI=1S/C21H25N5O2S/c1-16-4-6-17(7-5-16)15-19-23-21(29-24-19)26-12-10-25(11-13-26)9-8-22-20(27)18-3-2-14-28-18/h2-7,14H,8-13,15H2,1H3,(H,22,27). The molecule has 3 aromatic rings. The third-order valence-corrected chi connectivity index (χ3v) is 5.86. The number of nitrogens with one attached hydrogen (secondary N) is 1. The quantitative estimate of drug-likeness (QED) is 0.644. The molecule has 0 bridgehead atoms. The molecule has 2 aromatic heterocycles. The van der Waals surface area contributed by atoms with Crippen LogP contribution in [-0.4, -0.2) is 59.4 Å². The second-order valence-corrected chi connectivity index (χ2v) is 7.95. The fourth-order valence-electron chi connectivity index (χ4n) is 3.32. The van der Waals surface area contributed by atoms with Gasteiger partial charge in [0, 0.05) is 57.2 Å². The van der Waals surface area contributed by atoms with Crippen molar-refractivity contribution in [2.75, 3.05) is 44.2 Å². The van der Waals surface area contributed by atoms with E-state index in [9.17, 15) is 4.79 Å². The summed E-state index contributed by atoms with van der Waals surface area (Å²) in [5.41, 5.74) is 2.50. The summed E-state index contributed by atoms with van der Waals surface area (Å²) in [7, 11) is 0. The normalized spacial score (nSPS) is 14.9. The van der Waals surface area contributed by atoms with Crippen LogP contribution in [0.3, 0.4) is 0 Å². The van der Waals surface area contributed by atoms with Gasteiger partial charge in [-0.1, -0.05) is 29.8 Å². The Morgan fingerprint density at radius 1 is 1.17 bits per heavy atom. The molecule has 1 saturated heterocycles. The van der Waals surface area contributed by atoms with E-state index in [0.717, 1.165) is 50.1 Å². The largest absolute Gasteiger partial charge is 0.459 e. The van der Waals surface area contributed by atoms with Gasteiger partial charge in [-0.05, 0) is 24.6 Å². The number of piperazine rings is 1. The first-order valence-electron chi connectivity index (χ1n) is 9.84. The molecule has 0 saturated carbocycles. The predicted octanol–water partition coefficient (Wildman–Crippen LogP) is 2.58. The molecule has 8 heteroatoms. The van der Waals surface area contributed by atoms with Crippen molar-refractivity contribution in [3.63, 3.8) is 0 Å². The molecule has 0 aliphatic carbocycles. The highest BCUT2D eigenvalue weighted by Gasteiger charge is 2.20. The van der Waals surface area contributed by atoms with E-state index in [1.54, 1.807) is 12.1 Å². The van der Waals surface area contributed by atoms with E-state index < -0.39 is 0 Å². The number of aryl methyl sites for hydroxylation is 1. The van der Waals surface area contributed by atoms with Crippen LogP contribution in [-0.2, 0) is 6.42 Å². The number of carbonyl (C=O) groups excluding carboxylic acids is 1. The number of furan rings is 1. The van der Waals surface area contributed by atoms with E-state index >= 15 is 0 Å². The Balaban J connectivity index is 1.21.